The van der Waals surface area contributed by atoms with Gasteiger partial charge in [0.2, 0.25) is 5.91 Å². The first-order valence-corrected chi connectivity index (χ1v) is 10.6. The van der Waals surface area contributed by atoms with Crippen molar-refractivity contribution in [3.63, 3.8) is 0 Å². The smallest absolute Gasteiger partial charge is 0.222 e. The first-order chi connectivity index (χ1) is 14.6. The molecule has 158 valence electrons. The van der Waals surface area contributed by atoms with Crippen LogP contribution in [0.3, 0.4) is 0 Å². The van der Waals surface area contributed by atoms with Crippen molar-refractivity contribution in [3.05, 3.63) is 35.5 Å². The van der Waals surface area contributed by atoms with E-state index in [0.29, 0.717) is 35.0 Å². The number of fused-ring (bicyclic) bond motifs is 1. The fourth-order valence-corrected chi connectivity index (χ4v) is 4.05. The number of anilines is 1. The average molecular weight is 431 g/mol. The highest BCUT2D eigenvalue weighted by molar-refractivity contribution is 6.31. The standard InChI is InChI=1S/C21H24ClFN6O/c1-2-5-18(30)29-7-4-3-6-14(29)10-25-21-17(23)12-27-20(28-21)16-11-26-19-15(16)8-13(22)9-24-19/h8-9,11-12,14H,2-7,10H2,1H3,(H,24,26)(H,25,27,28). The van der Waals surface area contributed by atoms with Crippen molar-refractivity contribution in [2.45, 2.75) is 45.1 Å². The number of halogens is 2. The number of amides is 1. The number of aromatic amines is 1. The number of carbonyl (C=O) groups is 1. The molecule has 0 aliphatic carbocycles. The van der Waals surface area contributed by atoms with E-state index in [0.717, 1.165) is 43.8 Å². The molecule has 7 nitrogen and oxygen atoms in total. The molecular formula is C21H24ClFN6O. The lowest BCUT2D eigenvalue weighted by molar-refractivity contribution is -0.134. The van der Waals surface area contributed by atoms with Gasteiger partial charge in [0.25, 0.3) is 0 Å². The van der Waals surface area contributed by atoms with Crippen molar-refractivity contribution in [1.82, 2.24) is 24.8 Å². The summed E-state index contributed by atoms with van der Waals surface area (Å²) in [7, 11) is 0. The third-order valence-corrected chi connectivity index (χ3v) is 5.61. The number of piperidine rings is 1. The molecule has 1 amide bonds. The number of H-pyrrole nitrogens is 1. The first-order valence-electron chi connectivity index (χ1n) is 10.3. The second-order valence-corrected chi connectivity index (χ2v) is 7.95. The monoisotopic (exact) mass is 430 g/mol. The lowest BCUT2D eigenvalue weighted by Crippen LogP contribution is -2.47. The van der Waals surface area contributed by atoms with Crippen LogP contribution in [0.15, 0.2) is 24.7 Å². The molecule has 0 bridgehead atoms. The maximum Gasteiger partial charge on any atom is 0.222 e. The second-order valence-electron chi connectivity index (χ2n) is 7.51. The van der Waals surface area contributed by atoms with E-state index in [2.05, 4.69) is 25.3 Å². The molecule has 4 rings (SSSR count). The molecule has 0 aromatic carbocycles. The summed E-state index contributed by atoms with van der Waals surface area (Å²) < 4.78 is 14.4. The van der Waals surface area contributed by atoms with Crippen LogP contribution >= 0.6 is 11.6 Å². The third kappa shape index (κ3) is 4.23. The Morgan fingerprint density at radius 3 is 3.07 bits per heavy atom. The molecule has 1 saturated heterocycles. The van der Waals surface area contributed by atoms with Gasteiger partial charge in [0.05, 0.1) is 11.2 Å². The van der Waals surface area contributed by atoms with Crippen molar-refractivity contribution in [2.24, 2.45) is 0 Å². The molecule has 0 radical (unpaired) electrons. The molecule has 9 heteroatoms. The maximum absolute atomic E-state index is 14.4. The minimum absolute atomic E-state index is 0.0340. The molecule has 0 spiro atoms. The van der Waals surface area contributed by atoms with Crippen LogP contribution in [0.25, 0.3) is 22.4 Å². The average Bonchev–Trinajstić information content (AvgIpc) is 3.16. The predicted molar refractivity (Wildman–Crippen MR) is 115 cm³/mol. The Balaban J connectivity index is 1.55. The maximum atomic E-state index is 14.4. The Labute approximate surface area is 179 Å². The van der Waals surface area contributed by atoms with Crippen LogP contribution < -0.4 is 5.32 Å². The largest absolute Gasteiger partial charge is 0.365 e. The van der Waals surface area contributed by atoms with E-state index in [1.165, 1.54) is 0 Å². The van der Waals surface area contributed by atoms with Gasteiger partial charge in [-0.25, -0.2) is 19.3 Å². The van der Waals surface area contributed by atoms with Gasteiger partial charge < -0.3 is 15.2 Å². The first kappa shape index (κ1) is 20.5. The lowest BCUT2D eigenvalue weighted by Gasteiger charge is -2.36. The summed E-state index contributed by atoms with van der Waals surface area (Å²) in [6.07, 6.45) is 8.77. The van der Waals surface area contributed by atoms with E-state index in [-0.39, 0.29) is 17.8 Å². The minimum atomic E-state index is -0.531. The lowest BCUT2D eigenvalue weighted by atomic mass is 10.0. The van der Waals surface area contributed by atoms with Crippen LogP contribution in [-0.2, 0) is 4.79 Å². The number of hydrogen-bond acceptors (Lipinski definition) is 5. The molecule has 3 aromatic heterocycles. The highest BCUT2D eigenvalue weighted by Gasteiger charge is 2.26. The van der Waals surface area contributed by atoms with Crippen LogP contribution in [0.4, 0.5) is 10.2 Å². The number of likely N-dealkylation sites (tertiary alicyclic amines) is 1. The minimum Gasteiger partial charge on any atom is -0.365 e. The summed E-state index contributed by atoms with van der Waals surface area (Å²) in [6.45, 7) is 3.20. The fourth-order valence-electron chi connectivity index (χ4n) is 3.90. The highest BCUT2D eigenvalue weighted by Crippen LogP contribution is 2.28. The molecule has 1 aliphatic rings. The van der Waals surface area contributed by atoms with Crippen molar-refractivity contribution >= 4 is 34.4 Å². The number of nitrogens with one attached hydrogen (secondary N) is 2. The van der Waals surface area contributed by atoms with Crippen molar-refractivity contribution in [3.8, 4) is 11.4 Å². The van der Waals surface area contributed by atoms with Gasteiger partial charge in [-0.15, -0.1) is 0 Å². The van der Waals surface area contributed by atoms with Crippen LogP contribution in [-0.4, -0.2) is 49.9 Å². The Morgan fingerprint density at radius 2 is 2.23 bits per heavy atom. The molecule has 1 fully saturated rings. The highest BCUT2D eigenvalue weighted by atomic mass is 35.5. The molecule has 1 aliphatic heterocycles. The zero-order valence-electron chi connectivity index (χ0n) is 16.8. The van der Waals surface area contributed by atoms with Gasteiger partial charge in [-0.2, -0.15) is 0 Å². The van der Waals surface area contributed by atoms with Gasteiger partial charge >= 0.3 is 0 Å². The molecule has 4 heterocycles. The summed E-state index contributed by atoms with van der Waals surface area (Å²) in [5, 5.41) is 4.36. The summed E-state index contributed by atoms with van der Waals surface area (Å²) in [4.78, 5) is 30.2. The molecule has 0 saturated carbocycles. The van der Waals surface area contributed by atoms with Gasteiger partial charge in [0.15, 0.2) is 17.5 Å². The Kier molecular flexibility index (Phi) is 6.13. The number of aromatic nitrogens is 4. The quantitative estimate of drug-likeness (QED) is 0.605. The number of rotatable bonds is 6. The summed E-state index contributed by atoms with van der Waals surface area (Å²) in [5.41, 5.74) is 1.35. The van der Waals surface area contributed by atoms with Gasteiger partial charge in [-0.05, 0) is 31.7 Å². The van der Waals surface area contributed by atoms with E-state index in [1.54, 1.807) is 18.5 Å². The van der Waals surface area contributed by atoms with Crippen LogP contribution in [0.1, 0.15) is 39.0 Å². The summed E-state index contributed by atoms with van der Waals surface area (Å²) in [5.74, 6) is 0.127. The Morgan fingerprint density at radius 1 is 1.37 bits per heavy atom. The second kappa shape index (κ2) is 8.95. The SMILES string of the molecule is CCCC(=O)N1CCCCC1CNc1nc(-c2c[nH]c3ncc(Cl)cc23)ncc1F. The zero-order chi connectivity index (χ0) is 21.1. The van der Waals surface area contributed by atoms with Crippen LogP contribution in [0, 0.1) is 5.82 Å². The molecule has 30 heavy (non-hydrogen) atoms. The fraction of sp³-hybridized carbons (Fsp3) is 0.429. The van der Waals surface area contributed by atoms with Gasteiger partial charge in [-0.1, -0.05) is 18.5 Å². The number of hydrogen-bond donors (Lipinski definition) is 2. The Hall–Kier alpha value is -2.74. The van der Waals surface area contributed by atoms with E-state index >= 15 is 0 Å². The topological polar surface area (TPSA) is 86.8 Å². The van der Waals surface area contributed by atoms with Gasteiger partial charge in [-0.3, -0.25) is 4.79 Å². The third-order valence-electron chi connectivity index (χ3n) is 5.40. The molecular weight excluding hydrogens is 407 g/mol. The molecule has 1 unspecified atom stereocenters. The number of carbonyl (C=O) groups excluding carboxylic acids is 1. The van der Waals surface area contributed by atoms with Gasteiger partial charge in [0.1, 0.15) is 5.65 Å². The van der Waals surface area contributed by atoms with Crippen molar-refractivity contribution < 1.29 is 9.18 Å². The van der Waals surface area contributed by atoms with Crippen molar-refractivity contribution in [2.75, 3.05) is 18.4 Å². The van der Waals surface area contributed by atoms with E-state index < -0.39 is 5.82 Å². The molecule has 2 N–H and O–H groups in total. The van der Waals surface area contributed by atoms with Gasteiger partial charge in [0, 0.05) is 48.9 Å². The predicted octanol–water partition coefficient (Wildman–Crippen LogP) is 4.41. The molecule has 3 aromatic rings. The number of pyridine rings is 1. The summed E-state index contributed by atoms with van der Waals surface area (Å²) in [6, 6.07) is 1.81. The Bertz CT molecular complexity index is 1060. The van der Waals surface area contributed by atoms with Crippen LogP contribution in [0.2, 0.25) is 5.02 Å². The number of nitrogens with zero attached hydrogens (tertiary/aromatic N) is 4. The van der Waals surface area contributed by atoms with E-state index in [1.807, 2.05) is 11.8 Å². The summed E-state index contributed by atoms with van der Waals surface area (Å²) >= 11 is 6.07. The van der Waals surface area contributed by atoms with Crippen LogP contribution in [0.5, 0.6) is 0 Å². The van der Waals surface area contributed by atoms with Crippen molar-refractivity contribution in [1.29, 1.82) is 0 Å². The van der Waals surface area contributed by atoms with E-state index in [4.69, 9.17) is 11.6 Å². The molecule has 1 atom stereocenters. The van der Waals surface area contributed by atoms with E-state index in [9.17, 15) is 9.18 Å². The normalized spacial score (nSPS) is 16.8. The zero-order valence-corrected chi connectivity index (χ0v) is 17.5.